The van der Waals surface area contributed by atoms with E-state index in [2.05, 4.69) is 107 Å². The fourth-order valence-electron chi connectivity index (χ4n) is 6.47. The van der Waals surface area contributed by atoms with Gasteiger partial charge in [-0.2, -0.15) is 0 Å². The Hall–Kier alpha value is -6.40. The predicted octanol–water partition coefficient (Wildman–Crippen LogP) is 10.2. The van der Waals surface area contributed by atoms with E-state index in [1.54, 1.807) is 12.5 Å². The van der Waals surface area contributed by atoms with Crippen LogP contribution >= 0.6 is 0 Å². The Morgan fingerprint density at radius 1 is 0.391 bits per heavy atom. The Bertz CT molecular complexity index is 2500. The molecular formula is C40H24N4O2. The van der Waals surface area contributed by atoms with Crippen molar-refractivity contribution in [2.45, 2.75) is 0 Å². The van der Waals surface area contributed by atoms with Crippen LogP contribution in [0.25, 0.3) is 88.5 Å². The van der Waals surface area contributed by atoms with Crippen molar-refractivity contribution in [2.75, 3.05) is 0 Å². The molecule has 9 rings (SSSR count). The van der Waals surface area contributed by atoms with Gasteiger partial charge in [0.1, 0.15) is 23.9 Å². The van der Waals surface area contributed by atoms with Crippen LogP contribution in [-0.4, -0.2) is 19.9 Å². The quantitative estimate of drug-likeness (QED) is 0.185. The first kappa shape index (κ1) is 26.0. The number of aromatic nitrogens is 4. The maximum atomic E-state index is 5.22. The van der Waals surface area contributed by atoms with Crippen LogP contribution in [0.5, 0.6) is 0 Å². The highest BCUT2D eigenvalue weighted by atomic mass is 16.3. The Kier molecular flexibility index (Phi) is 6.03. The number of oxazole rings is 2. The summed E-state index contributed by atoms with van der Waals surface area (Å²) in [6, 6.07) is 38.5. The second kappa shape index (κ2) is 10.6. The summed E-state index contributed by atoms with van der Waals surface area (Å²) in [7, 11) is 0. The predicted molar refractivity (Wildman–Crippen MR) is 182 cm³/mol. The fourth-order valence-corrected chi connectivity index (χ4v) is 6.47. The lowest BCUT2D eigenvalue weighted by Gasteiger charge is -2.18. The van der Waals surface area contributed by atoms with E-state index in [0.29, 0.717) is 0 Å². The molecule has 0 amide bonds. The summed E-state index contributed by atoms with van der Waals surface area (Å²) in [5.74, 6) is 0. The minimum atomic E-state index is 0.752. The van der Waals surface area contributed by atoms with Crippen LogP contribution < -0.4 is 0 Å². The summed E-state index contributed by atoms with van der Waals surface area (Å²) in [6.45, 7) is 0. The highest BCUT2D eigenvalue weighted by Crippen LogP contribution is 2.44. The van der Waals surface area contributed by atoms with Crippen LogP contribution in [0.2, 0.25) is 0 Å². The smallest absolute Gasteiger partial charge is 0.181 e. The van der Waals surface area contributed by atoms with Gasteiger partial charge in [-0.3, -0.25) is 9.97 Å². The lowest BCUT2D eigenvalue weighted by atomic mass is 9.86. The molecule has 0 fully saturated rings. The molecule has 0 radical (unpaired) electrons. The van der Waals surface area contributed by atoms with Crippen molar-refractivity contribution in [1.82, 2.24) is 19.9 Å². The van der Waals surface area contributed by atoms with Crippen molar-refractivity contribution in [3.8, 4) is 56.2 Å². The number of nitrogens with zero attached hydrogens (tertiary/aromatic N) is 4. The second-order valence-electron chi connectivity index (χ2n) is 11.2. The highest BCUT2D eigenvalue weighted by Gasteiger charge is 2.19. The van der Waals surface area contributed by atoms with Gasteiger partial charge in [-0.05, 0) is 73.8 Å². The molecule has 46 heavy (non-hydrogen) atoms. The summed E-state index contributed by atoms with van der Waals surface area (Å²) in [4.78, 5) is 18.5. The third kappa shape index (κ3) is 4.27. The number of pyridine rings is 2. The van der Waals surface area contributed by atoms with Crippen LogP contribution in [0.4, 0.5) is 0 Å². The molecule has 0 unspecified atom stereocenters. The number of rotatable bonds is 5. The van der Waals surface area contributed by atoms with E-state index < -0.39 is 0 Å². The first-order valence-corrected chi connectivity index (χ1v) is 15.0. The molecule has 0 spiro atoms. The fraction of sp³-hybridized carbons (Fsp3) is 0. The summed E-state index contributed by atoms with van der Waals surface area (Å²) in [6.07, 6.45) is 9.85. The van der Waals surface area contributed by atoms with Gasteiger partial charge in [-0.1, -0.05) is 78.9 Å². The Morgan fingerprint density at radius 2 is 0.935 bits per heavy atom. The number of hydrogen-bond acceptors (Lipinski definition) is 6. The van der Waals surface area contributed by atoms with Gasteiger partial charge in [0, 0.05) is 34.6 Å². The molecule has 0 saturated carbocycles. The third-order valence-corrected chi connectivity index (χ3v) is 8.62. The SMILES string of the molecule is c1ccc2c(-c3ccc4c(-c5ccc(-c6cocn6)cn5)c5ccccc5c(-c5ccc(-c6cocn6)cn5)c4c3)cccc2c1. The standard InChI is InChI=1S/C40H24N4O2/c1-2-8-29-25(6-1)7-5-11-30(29)26-12-15-33-34(18-26)40(36-17-14-28(20-42-36)38-22-46-24-44-38)32-10-4-3-9-31(32)39(33)35-16-13-27(19-41-35)37-21-45-23-43-37/h1-24H. The summed E-state index contributed by atoms with van der Waals surface area (Å²) < 4.78 is 10.4. The van der Waals surface area contributed by atoms with Crippen molar-refractivity contribution in [2.24, 2.45) is 0 Å². The van der Waals surface area contributed by atoms with Gasteiger partial charge < -0.3 is 8.83 Å². The molecule has 0 aliphatic heterocycles. The molecule has 0 bridgehead atoms. The van der Waals surface area contributed by atoms with Crippen LogP contribution in [0.3, 0.4) is 0 Å². The van der Waals surface area contributed by atoms with Gasteiger partial charge in [0.25, 0.3) is 0 Å². The van der Waals surface area contributed by atoms with Crippen molar-refractivity contribution >= 4 is 32.3 Å². The van der Waals surface area contributed by atoms with Crippen LogP contribution in [0, 0.1) is 0 Å². The van der Waals surface area contributed by atoms with Crippen molar-refractivity contribution < 1.29 is 8.83 Å². The Morgan fingerprint density at radius 3 is 1.52 bits per heavy atom. The number of hydrogen-bond donors (Lipinski definition) is 0. The zero-order chi connectivity index (χ0) is 30.5. The van der Waals surface area contributed by atoms with Crippen LogP contribution in [-0.2, 0) is 0 Å². The molecule has 4 heterocycles. The lowest BCUT2D eigenvalue weighted by molar-refractivity contribution is 0.558. The van der Waals surface area contributed by atoms with E-state index in [1.807, 2.05) is 24.5 Å². The minimum Gasteiger partial charge on any atom is -0.451 e. The molecule has 216 valence electrons. The Balaban J connectivity index is 1.33. The maximum Gasteiger partial charge on any atom is 0.181 e. The minimum absolute atomic E-state index is 0.752. The monoisotopic (exact) mass is 592 g/mol. The molecule has 0 atom stereocenters. The molecule has 6 heteroatoms. The number of benzene rings is 5. The summed E-state index contributed by atoms with van der Waals surface area (Å²) in [5, 5.41) is 6.83. The zero-order valence-electron chi connectivity index (χ0n) is 24.5. The molecule has 0 N–H and O–H groups in total. The average molecular weight is 593 g/mol. The van der Waals surface area contributed by atoms with Gasteiger partial charge in [0.05, 0.1) is 11.4 Å². The Labute approximate surface area is 263 Å². The highest BCUT2D eigenvalue weighted by molar-refractivity contribution is 6.21. The van der Waals surface area contributed by atoms with Gasteiger partial charge in [0.2, 0.25) is 0 Å². The van der Waals surface area contributed by atoms with Crippen molar-refractivity contribution in [3.05, 3.63) is 147 Å². The normalized spacial score (nSPS) is 11.5. The molecule has 0 aliphatic carbocycles. The van der Waals surface area contributed by atoms with Gasteiger partial charge in [-0.15, -0.1) is 0 Å². The number of fused-ring (bicyclic) bond motifs is 3. The van der Waals surface area contributed by atoms with Gasteiger partial charge >= 0.3 is 0 Å². The average Bonchev–Trinajstić information content (AvgIpc) is 3.87. The van der Waals surface area contributed by atoms with Gasteiger partial charge in [-0.25, -0.2) is 9.97 Å². The van der Waals surface area contributed by atoms with E-state index in [1.165, 1.54) is 29.1 Å². The molecule has 9 aromatic rings. The van der Waals surface area contributed by atoms with E-state index in [0.717, 1.165) is 72.1 Å². The molecule has 6 nitrogen and oxygen atoms in total. The second-order valence-corrected chi connectivity index (χ2v) is 11.2. The molecule has 4 aromatic heterocycles. The van der Waals surface area contributed by atoms with E-state index >= 15 is 0 Å². The molecule has 5 aromatic carbocycles. The third-order valence-electron chi connectivity index (χ3n) is 8.62. The van der Waals surface area contributed by atoms with Crippen LogP contribution in [0.1, 0.15) is 0 Å². The topological polar surface area (TPSA) is 77.8 Å². The zero-order valence-corrected chi connectivity index (χ0v) is 24.5. The first-order chi connectivity index (χ1) is 22.8. The summed E-state index contributed by atoms with van der Waals surface area (Å²) >= 11 is 0. The first-order valence-electron chi connectivity index (χ1n) is 15.0. The molecular weight excluding hydrogens is 568 g/mol. The molecule has 0 aliphatic rings. The van der Waals surface area contributed by atoms with E-state index in [-0.39, 0.29) is 0 Å². The van der Waals surface area contributed by atoms with Gasteiger partial charge in [0.15, 0.2) is 12.8 Å². The van der Waals surface area contributed by atoms with Crippen molar-refractivity contribution in [1.29, 1.82) is 0 Å². The summed E-state index contributed by atoms with van der Waals surface area (Å²) in [5.41, 5.74) is 9.54. The largest absolute Gasteiger partial charge is 0.451 e. The van der Waals surface area contributed by atoms with Crippen LogP contribution in [0.15, 0.2) is 156 Å². The lowest BCUT2D eigenvalue weighted by Crippen LogP contribution is -1.95. The van der Waals surface area contributed by atoms with E-state index in [4.69, 9.17) is 18.8 Å². The molecule has 0 saturated heterocycles. The van der Waals surface area contributed by atoms with E-state index in [9.17, 15) is 0 Å². The maximum absolute atomic E-state index is 5.22. The van der Waals surface area contributed by atoms with Crippen molar-refractivity contribution in [3.63, 3.8) is 0 Å².